The predicted octanol–water partition coefficient (Wildman–Crippen LogP) is 3.58. The van der Waals surface area contributed by atoms with E-state index in [2.05, 4.69) is 5.32 Å². The standard InChI is InChI=1S/C18H16ClN3O3/c1-21-16(11-17(23)22(21)15-8-3-2-4-9-15)12-25-18(24)20-14-7-5-6-13(19)10-14/h2-11H,12H2,1H3,(H,20,24). The lowest BCUT2D eigenvalue weighted by Gasteiger charge is -2.11. The Kier molecular flexibility index (Phi) is 4.90. The van der Waals surface area contributed by atoms with Crippen LogP contribution in [0.1, 0.15) is 5.69 Å². The van der Waals surface area contributed by atoms with E-state index in [1.54, 1.807) is 36.0 Å². The molecule has 0 radical (unpaired) electrons. The molecule has 1 heterocycles. The number of aromatic nitrogens is 2. The van der Waals surface area contributed by atoms with Crippen molar-refractivity contribution in [1.82, 2.24) is 9.36 Å². The summed E-state index contributed by atoms with van der Waals surface area (Å²) in [7, 11) is 1.74. The highest BCUT2D eigenvalue weighted by atomic mass is 35.5. The van der Waals surface area contributed by atoms with Gasteiger partial charge in [0.2, 0.25) is 0 Å². The fourth-order valence-corrected chi connectivity index (χ4v) is 2.63. The third kappa shape index (κ3) is 3.92. The van der Waals surface area contributed by atoms with Crippen molar-refractivity contribution in [2.24, 2.45) is 7.05 Å². The molecule has 0 bridgehead atoms. The molecule has 1 amide bonds. The molecule has 2 aromatic carbocycles. The van der Waals surface area contributed by atoms with E-state index in [-0.39, 0.29) is 12.2 Å². The number of carbonyl (C=O) groups excluding carboxylic acids is 1. The summed E-state index contributed by atoms with van der Waals surface area (Å²) in [6.07, 6.45) is -0.623. The molecule has 0 aliphatic rings. The highest BCUT2D eigenvalue weighted by molar-refractivity contribution is 6.30. The zero-order valence-corrected chi connectivity index (χ0v) is 14.2. The second-order valence-corrected chi connectivity index (χ2v) is 5.79. The van der Waals surface area contributed by atoms with Gasteiger partial charge in [0.25, 0.3) is 5.56 Å². The van der Waals surface area contributed by atoms with Gasteiger partial charge in [-0.2, -0.15) is 0 Å². The molecule has 3 rings (SSSR count). The molecule has 6 nitrogen and oxygen atoms in total. The monoisotopic (exact) mass is 357 g/mol. The normalized spacial score (nSPS) is 10.5. The first-order valence-electron chi connectivity index (χ1n) is 7.57. The van der Waals surface area contributed by atoms with E-state index in [9.17, 15) is 9.59 Å². The number of para-hydroxylation sites is 1. The van der Waals surface area contributed by atoms with Crippen molar-refractivity contribution in [1.29, 1.82) is 0 Å². The van der Waals surface area contributed by atoms with Gasteiger partial charge in [-0.25, -0.2) is 9.48 Å². The Labute approximate surface area is 149 Å². The number of nitrogens with zero attached hydrogens (tertiary/aromatic N) is 2. The second-order valence-electron chi connectivity index (χ2n) is 5.36. The van der Waals surface area contributed by atoms with Crippen LogP contribution < -0.4 is 10.9 Å². The Morgan fingerprint density at radius 2 is 1.88 bits per heavy atom. The third-order valence-electron chi connectivity index (χ3n) is 3.64. The number of anilines is 1. The van der Waals surface area contributed by atoms with Crippen LogP contribution in [0.4, 0.5) is 10.5 Å². The van der Waals surface area contributed by atoms with Gasteiger partial charge < -0.3 is 4.74 Å². The summed E-state index contributed by atoms with van der Waals surface area (Å²) in [5, 5.41) is 3.10. The molecular weight excluding hydrogens is 342 g/mol. The number of amides is 1. The van der Waals surface area contributed by atoms with E-state index in [1.807, 2.05) is 30.3 Å². The van der Waals surface area contributed by atoms with Gasteiger partial charge >= 0.3 is 6.09 Å². The van der Waals surface area contributed by atoms with Crippen molar-refractivity contribution >= 4 is 23.4 Å². The first kappa shape index (κ1) is 16.9. The number of halogens is 1. The minimum absolute atomic E-state index is 0.0298. The fraction of sp³-hybridized carbons (Fsp3) is 0.111. The van der Waals surface area contributed by atoms with Crippen LogP contribution in [0.3, 0.4) is 0 Å². The molecule has 0 saturated heterocycles. The van der Waals surface area contributed by atoms with Crippen LogP contribution >= 0.6 is 11.6 Å². The van der Waals surface area contributed by atoms with Gasteiger partial charge in [-0.3, -0.25) is 14.8 Å². The number of ether oxygens (including phenoxy) is 1. The fourth-order valence-electron chi connectivity index (χ4n) is 2.44. The van der Waals surface area contributed by atoms with Crippen LogP contribution in [0.2, 0.25) is 5.02 Å². The second kappa shape index (κ2) is 7.27. The Bertz CT molecular complexity index is 948. The summed E-state index contributed by atoms with van der Waals surface area (Å²) in [5.74, 6) is 0. The van der Waals surface area contributed by atoms with Crippen molar-refractivity contribution in [2.45, 2.75) is 6.61 Å². The molecule has 3 aromatic rings. The number of carbonyl (C=O) groups is 1. The molecule has 7 heteroatoms. The van der Waals surface area contributed by atoms with Gasteiger partial charge in [-0.1, -0.05) is 35.9 Å². The third-order valence-corrected chi connectivity index (χ3v) is 3.87. The average Bonchev–Trinajstić information content (AvgIpc) is 2.87. The van der Waals surface area contributed by atoms with Gasteiger partial charge in [-0.05, 0) is 30.3 Å². The number of rotatable bonds is 4. The lowest BCUT2D eigenvalue weighted by molar-refractivity contribution is 0.152. The highest BCUT2D eigenvalue weighted by Gasteiger charge is 2.12. The van der Waals surface area contributed by atoms with Gasteiger partial charge in [0.15, 0.2) is 0 Å². The van der Waals surface area contributed by atoms with Crippen LogP contribution in [-0.2, 0) is 18.4 Å². The van der Waals surface area contributed by atoms with Gasteiger partial charge in [0.1, 0.15) is 6.61 Å². The Morgan fingerprint density at radius 1 is 1.12 bits per heavy atom. The van der Waals surface area contributed by atoms with Crippen molar-refractivity contribution in [2.75, 3.05) is 5.32 Å². The molecule has 1 aromatic heterocycles. The molecule has 25 heavy (non-hydrogen) atoms. The van der Waals surface area contributed by atoms with Crippen LogP contribution in [0.15, 0.2) is 65.5 Å². The van der Waals surface area contributed by atoms with E-state index < -0.39 is 6.09 Å². The zero-order chi connectivity index (χ0) is 17.8. The summed E-state index contributed by atoms with van der Waals surface area (Å²) in [6.45, 7) is -0.0298. The van der Waals surface area contributed by atoms with Crippen molar-refractivity contribution in [3.8, 4) is 5.69 Å². The molecule has 0 saturated carbocycles. The van der Waals surface area contributed by atoms with Crippen LogP contribution in [0.5, 0.6) is 0 Å². The quantitative estimate of drug-likeness (QED) is 0.776. The number of benzene rings is 2. The molecule has 0 spiro atoms. The molecule has 1 N–H and O–H groups in total. The number of hydrogen-bond donors (Lipinski definition) is 1. The molecule has 0 fully saturated rings. The zero-order valence-electron chi connectivity index (χ0n) is 13.5. The first-order chi connectivity index (χ1) is 12.0. The van der Waals surface area contributed by atoms with Crippen LogP contribution in [-0.4, -0.2) is 15.5 Å². The molecule has 0 atom stereocenters. The molecular formula is C18H16ClN3O3. The van der Waals surface area contributed by atoms with E-state index in [1.165, 1.54) is 10.7 Å². The molecule has 0 aliphatic carbocycles. The molecule has 0 unspecified atom stereocenters. The number of hydrogen-bond acceptors (Lipinski definition) is 3. The summed E-state index contributed by atoms with van der Waals surface area (Å²) in [4.78, 5) is 24.1. The SMILES string of the molecule is Cn1c(COC(=O)Nc2cccc(Cl)c2)cc(=O)n1-c1ccccc1. The number of nitrogens with one attached hydrogen (secondary N) is 1. The topological polar surface area (TPSA) is 65.3 Å². The van der Waals surface area contributed by atoms with Gasteiger partial charge in [0, 0.05) is 23.8 Å². The summed E-state index contributed by atoms with van der Waals surface area (Å²) >= 11 is 5.87. The van der Waals surface area contributed by atoms with Crippen LogP contribution in [0.25, 0.3) is 5.69 Å². The smallest absolute Gasteiger partial charge is 0.412 e. The lowest BCUT2D eigenvalue weighted by atomic mass is 10.3. The van der Waals surface area contributed by atoms with Crippen LogP contribution in [0, 0.1) is 0 Å². The lowest BCUT2D eigenvalue weighted by Crippen LogP contribution is -2.20. The largest absolute Gasteiger partial charge is 0.443 e. The summed E-state index contributed by atoms with van der Waals surface area (Å²) in [5.41, 5.74) is 1.66. The van der Waals surface area contributed by atoms with Crippen molar-refractivity contribution in [3.05, 3.63) is 81.7 Å². The molecule has 128 valence electrons. The minimum atomic E-state index is -0.623. The minimum Gasteiger partial charge on any atom is -0.443 e. The summed E-state index contributed by atoms with van der Waals surface area (Å²) in [6, 6.07) is 17.4. The highest BCUT2D eigenvalue weighted by Crippen LogP contribution is 2.15. The maximum absolute atomic E-state index is 12.2. The Balaban J connectivity index is 1.70. The Hall–Kier alpha value is -2.99. The Morgan fingerprint density at radius 3 is 2.60 bits per heavy atom. The average molecular weight is 358 g/mol. The molecule has 0 aliphatic heterocycles. The van der Waals surface area contributed by atoms with E-state index >= 15 is 0 Å². The van der Waals surface area contributed by atoms with Gasteiger partial charge in [-0.15, -0.1) is 0 Å². The maximum Gasteiger partial charge on any atom is 0.412 e. The van der Waals surface area contributed by atoms with Crippen molar-refractivity contribution in [3.63, 3.8) is 0 Å². The predicted molar refractivity (Wildman–Crippen MR) is 96.3 cm³/mol. The van der Waals surface area contributed by atoms with E-state index in [4.69, 9.17) is 16.3 Å². The van der Waals surface area contributed by atoms with Gasteiger partial charge in [0.05, 0.1) is 11.4 Å². The first-order valence-corrected chi connectivity index (χ1v) is 7.95. The van der Waals surface area contributed by atoms with E-state index in [0.29, 0.717) is 16.4 Å². The maximum atomic E-state index is 12.2. The van der Waals surface area contributed by atoms with Crippen molar-refractivity contribution < 1.29 is 9.53 Å². The summed E-state index contributed by atoms with van der Waals surface area (Å²) < 4.78 is 8.36. The van der Waals surface area contributed by atoms with E-state index in [0.717, 1.165) is 5.69 Å².